The monoisotopic (exact) mass is 385 g/mol. The molecule has 0 saturated heterocycles. The van der Waals surface area contributed by atoms with Gasteiger partial charge in [-0.25, -0.2) is 4.98 Å². The number of halogens is 2. The Morgan fingerprint density at radius 1 is 0.692 bits per heavy atom. The fourth-order valence-corrected chi connectivity index (χ4v) is 2.47. The van der Waals surface area contributed by atoms with Crippen molar-refractivity contribution in [3.63, 3.8) is 0 Å². The standard InChI is InChI=1S/C19H13Cl2N3O2/c20-14-10-9-13(11-15(14)21)23-19(26)17-8-4-7-16(24-17)18(25)22-12-5-2-1-3-6-12/h1-11H,(H,22,25)(H,23,26). The Bertz CT molecular complexity index is 962. The van der Waals surface area contributed by atoms with Crippen molar-refractivity contribution in [3.8, 4) is 0 Å². The molecule has 0 aliphatic carbocycles. The summed E-state index contributed by atoms with van der Waals surface area (Å²) in [6.45, 7) is 0. The van der Waals surface area contributed by atoms with Crippen LogP contribution in [0, 0.1) is 0 Å². The summed E-state index contributed by atoms with van der Waals surface area (Å²) < 4.78 is 0. The molecule has 0 fully saturated rings. The summed E-state index contributed by atoms with van der Waals surface area (Å²) in [4.78, 5) is 28.8. The zero-order valence-corrected chi connectivity index (χ0v) is 14.9. The van der Waals surface area contributed by atoms with E-state index in [1.807, 2.05) is 18.2 Å². The molecule has 3 aromatic rings. The van der Waals surface area contributed by atoms with Crippen LogP contribution in [0.15, 0.2) is 66.7 Å². The van der Waals surface area contributed by atoms with Crippen LogP contribution in [-0.2, 0) is 0 Å². The van der Waals surface area contributed by atoms with Gasteiger partial charge in [-0.2, -0.15) is 0 Å². The first-order valence-electron chi connectivity index (χ1n) is 7.63. The van der Waals surface area contributed by atoms with Crippen molar-refractivity contribution in [1.29, 1.82) is 0 Å². The first-order chi connectivity index (χ1) is 12.5. The van der Waals surface area contributed by atoms with Crippen molar-refractivity contribution < 1.29 is 9.59 Å². The molecule has 0 unspecified atom stereocenters. The van der Waals surface area contributed by atoms with Crippen molar-refractivity contribution in [1.82, 2.24) is 4.98 Å². The molecule has 3 rings (SSSR count). The van der Waals surface area contributed by atoms with Crippen LogP contribution in [-0.4, -0.2) is 16.8 Å². The Morgan fingerprint density at radius 3 is 1.92 bits per heavy atom. The minimum absolute atomic E-state index is 0.108. The molecule has 7 heteroatoms. The van der Waals surface area contributed by atoms with Crippen LogP contribution >= 0.6 is 23.2 Å². The quantitative estimate of drug-likeness (QED) is 0.671. The molecule has 1 heterocycles. The molecule has 1 aromatic heterocycles. The van der Waals surface area contributed by atoms with E-state index in [1.165, 1.54) is 18.2 Å². The maximum Gasteiger partial charge on any atom is 0.274 e. The number of nitrogens with zero attached hydrogens (tertiary/aromatic N) is 1. The number of carbonyl (C=O) groups excluding carboxylic acids is 2. The van der Waals surface area contributed by atoms with Crippen molar-refractivity contribution in [2.45, 2.75) is 0 Å². The topological polar surface area (TPSA) is 71.1 Å². The molecular weight excluding hydrogens is 373 g/mol. The third-order valence-electron chi connectivity index (χ3n) is 3.42. The van der Waals surface area contributed by atoms with E-state index >= 15 is 0 Å². The fraction of sp³-hybridized carbons (Fsp3) is 0. The van der Waals surface area contributed by atoms with Crippen molar-refractivity contribution in [2.75, 3.05) is 10.6 Å². The van der Waals surface area contributed by atoms with E-state index in [9.17, 15) is 9.59 Å². The molecule has 2 amide bonds. The van der Waals surface area contributed by atoms with E-state index < -0.39 is 11.8 Å². The van der Waals surface area contributed by atoms with Gasteiger partial charge < -0.3 is 10.6 Å². The lowest BCUT2D eigenvalue weighted by Crippen LogP contribution is -2.18. The minimum atomic E-state index is -0.460. The third-order valence-corrected chi connectivity index (χ3v) is 4.16. The average Bonchev–Trinajstić information content (AvgIpc) is 2.65. The second-order valence-electron chi connectivity index (χ2n) is 5.31. The number of rotatable bonds is 4. The van der Waals surface area contributed by atoms with Crippen LogP contribution in [0.2, 0.25) is 10.0 Å². The highest BCUT2D eigenvalue weighted by atomic mass is 35.5. The predicted molar refractivity (Wildman–Crippen MR) is 103 cm³/mol. The molecule has 2 N–H and O–H groups in total. The second-order valence-corrected chi connectivity index (χ2v) is 6.13. The smallest absolute Gasteiger partial charge is 0.274 e. The number of hydrogen-bond donors (Lipinski definition) is 2. The summed E-state index contributed by atoms with van der Waals surface area (Å²) in [5.41, 5.74) is 1.36. The van der Waals surface area contributed by atoms with Crippen molar-refractivity contribution in [3.05, 3.63) is 88.2 Å². The van der Waals surface area contributed by atoms with Gasteiger partial charge in [0.05, 0.1) is 10.0 Å². The summed E-state index contributed by atoms with van der Waals surface area (Å²) in [6, 6.07) is 18.4. The van der Waals surface area contributed by atoms with Crippen LogP contribution in [0.4, 0.5) is 11.4 Å². The Labute approximate surface area is 160 Å². The molecule has 0 aliphatic rings. The molecule has 130 valence electrons. The highest BCUT2D eigenvalue weighted by molar-refractivity contribution is 6.42. The Morgan fingerprint density at radius 2 is 1.31 bits per heavy atom. The lowest BCUT2D eigenvalue weighted by atomic mass is 10.2. The summed E-state index contributed by atoms with van der Waals surface area (Å²) in [6.07, 6.45) is 0. The van der Waals surface area contributed by atoms with Gasteiger partial charge in [0.15, 0.2) is 0 Å². The second kappa shape index (κ2) is 7.99. The van der Waals surface area contributed by atoms with Gasteiger partial charge in [0.25, 0.3) is 11.8 Å². The minimum Gasteiger partial charge on any atom is -0.321 e. The van der Waals surface area contributed by atoms with Crippen LogP contribution in [0.1, 0.15) is 21.0 Å². The zero-order chi connectivity index (χ0) is 18.5. The van der Waals surface area contributed by atoms with Gasteiger partial charge in [-0.05, 0) is 42.5 Å². The van der Waals surface area contributed by atoms with Gasteiger partial charge in [0.1, 0.15) is 11.4 Å². The van der Waals surface area contributed by atoms with Gasteiger partial charge in [-0.15, -0.1) is 0 Å². The maximum atomic E-state index is 12.4. The number of hydrogen-bond acceptors (Lipinski definition) is 3. The third kappa shape index (κ3) is 4.39. The molecule has 0 saturated carbocycles. The first kappa shape index (κ1) is 17.9. The number of amides is 2. The lowest BCUT2D eigenvalue weighted by Gasteiger charge is -2.08. The van der Waals surface area contributed by atoms with Gasteiger partial charge in [0, 0.05) is 11.4 Å². The molecule has 0 radical (unpaired) electrons. The summed E-state index contributed by atoms with van der Waals surface area (Å²) in [5, 5.41) is 6.11. The zero-order valence-electron chi connectivity index (χ0n) is 13.4. The maximum absolute atomic E-state index is 12.4. The van der Waals surface area contributed by atoms with E-state index in [1.54, 1.807) is 30.3 Å². The number of para-hydroxylation sites is 1. The molecule has 0 spiro atoms. The van der Waals surface area contributed by atoms with Crippen molar-refractivity contribution in [2.24, 2.45) is 0 Å². The van der Waals surface area contributed by atoms with Crippen LogP contribution in [0.5, 0.6) is 0 Å². The molecular formula is C19H13Cl2N3O2. The van der Waals surface area contributed by atoms with Gasteiger partial charge in [0.2, 0.25) is 0 Å². The molecule has 0 bridgehead atoms. The molecule has 5 nitrogen and oxygen atoms in total. The molecule has 2 aromatic carbocycles. The first-order valence-corrected chi connectivity index (χ1v) is 8.38. The van der Waals surface area contributed by atoms with E-state index in [0.29, 0.717) is 21.4 Å². The van der Waals surface area contributed by atoms with E-state index in [0.717, 1.165) is 0 Å². The number of pyridine rings is 1. The SMILES string of the molecule is O=C(Nc1ccccc1)c1cccc(C(=O)Nc2ccc(Cl)c(Cl)c2)n1. The average molecular weight is 386 g/mol. The number of benzene rings is 2. The summed E-state index contributed by atoms with van der Waals surface area (Å²) >= 11 is 11.8. The molecule has 0 aliphatic heterocycles. The molecule has 26 heavy (non-hydrogen) atoms. The number of anilines is 2. The number of aromatic nitrogens is 1. The van der Waals surface area contributed by atoms with Crippen LogP contribution in [0.25, 0.3) is 0 Å². The largest absolute Gasteiger partial charge is 0.321 e. The van der Waals surface area contributed by atoms with E-state index in [2.05, 4.69) is 15.6 Å². The van der Waals surface area contributed by atoms with Gasteiger partial charge in [-0.1, -0.05) is 47.5 Å². The normalized spacial score (nSPS) is 10.2. The lowest BCUT2D eigenvalue weighted by molar-refractivity contribution is 0.101. The Hall–Kier alpha value is -2.89. The van der Waals surface area contributed by atoms with Gasteiger partial charge in [-0.3, -0.25) is 9.59 Å². The Balaban J connectivity index is 1.74. The fourth-order valence-electron chi connectivity index (χ4n) is 2.17. The highest BCUT2D eigenvalue weighted by Gasteiger charge is 2.13. The van der Waals surface area contributed by atoms with Crippen molar-refractivity contribution >= 4 is 46.4 Å². The Kier molecular flexibility index (Phi) is 5.51. The summed E-state index contributed by atoms with van der Waals surface area (Å²) in [5.74, 6) is -0.863. The number of nitrogens with one attached hydrogen (secondary N) is 2. The summed E-state index contributed by atoms with van der Waals surface area (Å²) in [7, 11) is 0. The van der Waals surface area contributed by atoms with E-state index in [-0.39, 0.29) is 11.4 Å². The highest BCUT2D eigenvalue weighted by Crippen LogP contribution is 2.25. The predicted octanol–water partition coefficient (Wildman–Crippen LogP) is 4.89. The van der Waals surface area contributed by atoms with Crippen LogP contribution in [0.3, 0.4) is 0 Å². The number of carbonyl (C=O) groups is 2. The molecule has 0 atom stereocenters. The van der Waals surface area contributed by atoms with Gasteiger partial charge >= 0.3 is 0 Å². The van der Waals surface area contributed by atoms with E-state index in [4.69, 9.17) is 23.2 Å². The van der Waals surface area contributed by atoms with Crippen LogP contribution < -0.4 is 10.6 Å².